The van der Waals surface area contributed by atoms with Crippen LogP contribution in [0.4, 0.5) is 0 Å². The van der Waals surface area contributed by atoms with Gasteiger partial charge in [0.2, 0.25) is 0 Å². The SMILES string of the molecule is Cc1cc2c(n1C1CCS(=O)(=O)C1)CCCC2N. The van der Waals surface area contributed by atoms with E-state index in [9.17, 15) is 8.42 Å². The maximum Gasteiger partial charge on any atom is 0.152 e. The number of nitrogens with zero attached hydrogens (tertiary/aromatic N) is 1. The molecule has 2 atom stereocenters. The molecule has 1 aromatic rings. The average Bonchev–Trinajstić information content (AvgIpc) is 2.79. The van der Waals surface area contributed by atoms with Crippen LogP contribution in [0.25, 0.3) is 0 Å². The zero-order valence-electron chi connectivity index (χ0n) is 10.7. The first kappa shape index (κ1) is 12.2. The molecule has 18 heavy (non-hydrogen) atoms. The smallest absolute Gasteiger partial charge is 0.152 e. The molecule has 1 fully saturated rings. The Hall–Kier alpha value is -0.810. The number of hydrogen-bond donors (Lipinski definition) is 1. The van der Waals surface area contributed by atoms with E-state index < -0.39 is 9.84 Å². The van der Waals surface area contributed by atoms with Crippen LogP contribution in [-0.4, -0.2) is 24.5 Å². The molecule has 2 aliphatic rings. The Balaban J connectivity index is 2.03. The van der Waals surface area contributed by atoms with Crippen molar-refractivity contribution in [2.75, 3.05) is 11.5 Å². The molecule has 2 N–H and O–H groups in total. The van der Waals surface area contributed by atoms with Gasteiger partial charge in [-0.15, -0.1) is 0 Å². The Labute approximate surface area is 108 Å². The number of rotatable bonds is 1. The van der Waals surface area contributed by atoms with Crippen LogP contribution in [0.2, 0.25) is 0 Å². The van der Waals surface area contributed by atoms with Crippen molar-refractivity contribution >= 4 is 9.84 Å². The summed E-state index contributed by atoms with van der Waals surface area (Å²) in [6.45, 7) is 2.07. The van der Waals surface area contributed by atoms with E-state index in [0.29, 0.717) is 11.5 Å². The lowest BCUT2D eigenvalue weighted by Gasteiger charge is -2.23. The van der Waals surface area contributed by atoms with Gasteiger partial charge in [-0.3, -0.25) is 0 Å². The third kappa shape index (κ3) is 1.89. The van der Waals surface area contributed by atoms with Crippen LogP contribution in [0.1, 0.15) is 48.3 Å². The van der Waals surface area contributed by atoms with Crippen LogP contribution < -0.4 is 5.73 Å². The summed E-state index contributed by atoms with van der Waals surface area (Å²) in [6, 6.07) is 2.42. The van der Waals surface area contributed by atoms with Crippen molar-refractivity contribution in [2.24, 2.45) is 5.73 Å². The largest absolute Gasteiger partial charge is 0.344 e. The standard InChI is InChI=1S/C13H20N2O2S/c1-9-7-11-12(14)3-2-4-13(11)15(9)10-5-6-18(16,17)8-10/h7,10,12H,2-6,8,14H2,1H3. The van der Waals surface area contributed by atoms with Crippen molar-refractivity contribution in [3.8, 4) is 0 Å². The molecule has 0 amide bonds. The van der Waals surface area contributed by atoms with Crippen LogP contribution in [0.3, 0.4) is 0 Å². The monoisotopic (exact) mass is 268 g/mol. The summed E-state index contributed by atoms with van der Waals surface area (Å²) in [6.07, 6.45) is 3.93. The second-order valence-electron chi connectivity index (χ2n) is 5.61. The van der Waals surface area contributed by atoms with Crippen molar-refractivity contribution in [3.05, 3.63) is 23.0 Å². The van der Waals surface area contributed by atoms with E-state index in [-0.39, 0.29) is 12.1 Å². The van der Waals surface area contributed by atoms with Gasteiger partial charge >= 0.3 is 0 Å². The van der Waals surface area contributed by atoms with Crippen molar-refractivity contribution in [2.45, 2.75) is 44.7 Å². The van der Waals surface area contributed by atoms with E-state index in [0.717, 1.165) is 25.7 Å². The lowest BCUT2D eigenvalue weighted by Crippen LogP contribution is -2.21. The van der Waals surface area contributed by atoms with E-state index in [1.54, 1.807) is 0 Å². The number of fused-ring (bicyclic) bond motifs is 1. The quantitative estimate of drug-likeness (QED) is 0.839. The molecule has 2 unspecified atom stereocenters. The lowest BCUT2D eigenvalue weighted by molar-refractivity contribution is 0.490. The van der Waals surface area contributed by atoms with Crippen LogP contribution in [0.5, 0.6) is 0 Å². The molecule has 3 rings (SSSR count). The molecule has 0 aromatic carbocycles. The Morgan fingerprint density at radius 2 is 2.17 bits per heavy atom. The van der Waals surface area contributed by atoms with Crippen LogP contribution in [-0.2, 0) is 16.3 Å². The maximum atomic E-state index is 11.6. The number of hydrogen-bond acceptors (Lipinski definition) is 3. The summed E-state index contributed by atoms with van der Waals surface area (Å²) in [5, 5.41) is 0. The molecule has 0 saturated carbocycles. The van der Waals surface area contributed by atoms with Gasteiger partial charge in [-0.25, -0.2) is 8.42 Å². The van der Waals surface area contributed by atoms with Crippen LogP contribution in [0.15, 0.2) is 6.07 Å². The molecule has 1 saturated heterocycles. The summed E-state index contributed by atoms with van der Waals surface area (Å²) < 4.78 is 25.5. The first-order valence-corrected chi connectivity index (χ1v) is 8.47. The van der Waals surface area contributed by atoms with Crippen molar-refractivity contribution in [3.63, 3.8) is 0 Å². The fourth-order valence-corrected chi connectivity index (χ4v) is 5.15. The molecular weight excluding hydrogens is 248 g/mol. The van der Waals surface area contributed by atoms with E-state index in [2.05, 4.69) is 17.6 Å². The first-order chi connectivity index (χ1) is 8.48. The average molecular weight is 268 g/mol. The minimum absolute atomic E-state index is 0.129. The van der Waals surface area contributed by atoms with Crippen molar-refractivity contribution in [1.82, 2.24) is 4.57 Å². The Bertz CT molecular complexity index is 574. The Kier molecular flexibility index (Phi) is 2.79. The molecular formula is C13H20N2O2S. The molecule has 5 heteroatoms. The summed E-state index contributed by atoms with van der Waals surface area (Å²) in [4.78, 5) is 0. The summed E-state index contributed by atoms with van der Waals surface area (Å²) >= 11 is 0. The van der Waals surface area contributed by atoms with Gasteiger partial charge in [0.05, 0.1) is 11.5 Å². The number of nitrogens with two attached hydrogens (primary N) is 1. The lowest BCUT2D eigenvalue weighted by atomic mass is 9.93. The number of aryl methyl sites for hydroxylation is 1. The highest BCUT2D eigenvalue weighted by molar-refractivity contribution is 7.91. The highest BCUT2D eigenvalue weighted by Gasteiger charge is 2.33. The van der Waals surface area contributed by atoms with Crippen molar-refractivity contribution in [1.29, 1.82) is 0 Å². The van der Waals surface area contributed by atoms with Gasteiger partial charge in [0.1, 0.15) is 0 Å². The summed E-state index contributed by atoms with van der Waals surface area (Å²) in [7, 11) is -2.83. The first-order valence-electron chi connectivity index (χ1n) is 6.64. The molecule has 1 aliphatic heterocycles. The molecule has 2 heterocycles. The zero-order chi connectivity index (χ0) is 12.9. The Morgan fingerprint density at radius 1 is 1.39 bits per heavy atom. The number of sulfone groups is 1. The molecule has 1 aromatic heterocycles. The van der Waals surface area contributed by atoms with Crippen LogP contribution >= 0.6 is 0 Å². The topological polar surface area (TPSA) is 65.1 Å². The molecule has 4 nitrogen and oxygen atoms in total. The Morgan fingerprint density at radius 3 is 2.83 bits per heavy atom. The van der Waals surface area contributed by atoms with Gasteiger partial charge in [0, 0.05) is 23.5 Å². The summed E-state index contributed by atoms with van der Waals surface area (Å²) in [5.41, 5.74) is 9.84. The molecule has 0 radical (unpaired) electrons. The van der Waals surface area contributed by atoms with Gasteiger partial charge in [0.15, 0.2) is 9.84 Å². The highest BCUT2D eigenvalue weighted by Crippen LogP contribution is 2.35. The fourth-order valence-electron chi connectivity index (χ4n) is 3.45. The predicted molar refractivity (Wildman–Crippen MR) is 71.3 cm³/mol. The predicted octanol–water partition coefficient (Wildman–Crippen LogP) is 1.49. The molecule has 0 bridgehead atoms. The third-order valence-corrected chi connectivity index (χ3v) is 6.02. The summed E-state index contributed by atoms with van der Waals surface area (Å²) in [5.74, 6) is 0.625. The zero-order valence-corrected chi connectivity index (χ0v) is 11.5. The van der Waals surface area contributed by atoms with Crippen LogP contribution in [0, 0.1) is 6.92 Å². The van der Waals surface area contributed by atoms with Gasteiger partial charge in [0.25, 0.3) is 0 Å². The molecule has 100 valence electrons. The highest BCUT2D eigenvalue weighted by atomic mass is 32.2. The van der Waals surface area contributed by atoms with Gasteiger partial charge in [-0.2, -0.15) is 0 Å². The normalized spacial score (nSPS) is 30.3. The third-order valence-electron chi connectivity index (χ3n) is 4.27. The van der Waals surface area contributed by atoms with Gasteiger partial charge < -0.3 is 10.3 Å². The minimum atomic E-state index is -2.83. The van der Waals surface area contributed by atoms with Gasteiger partial charge in [-0.1, -0.05) is 0 Å². The van der Waals surface area contributed by atoms with E-state index in [1.807, 2.05) is 0 Å². The van der Waals surface area contributed by atoms with Gasteiger partial charge in [-0.05, 0) is 44.2 Å². The van der Waals surface area contributed by atoms with Crippen molar-refractivity contribution < 1.29 is 8.42 Å². The number of aromatic nitrogens is 1. The second kappa shape index (κ2) is 4.10. The molecule has 0 spiro atoms. The fraction of sp³-hybridized carbons (Fsp3) is 0.692. The maximum absolute atomic E-state index is 11.6. The minimum Gasteiger partial charge on any atom is -0.344 e. The second-order valence-corrected chi connectivity index (χ2v) is 7.84. The van der Waals surface area contributed by atoms with E-state index in [1.165, 1.54) is 17.0 Å². The van der Waals surface area contributed by atoms with E-state index in [4.69, 9.17) is 5.73 Å². The van der Waals surface area contributed by atoms with E-state index >= 15 is 0 Å². The molecule has 1 aliphatic carbocycles.